The van der Waals surface area contributed by atoms with Crippen LogP contribution in [-0.4, -0.2) is 23.3 Å². The molecule has 0 atom stereocenters. The minimum absolute atomic E-state index is 0.0555. The van der Waals surface area contributed by atoms with Gasteiger partial charge in [0.2, 0.25) is 0 Å². The van der Waals surface area contributed by atoms with E-state index in [-0.39, 0.29) is 22.8 Å². The van der Waals surface area contributed by atoms with Crippen LogP contribution in [-0.2, 0) is 23.7 Å². The van der Waals surface area contributed by atoms with Crippen LogP contribution in [0.1, 0.15) is 124 Å². The van der Waals surface area contributed by atoms with Gasteiger partial charge in [-0.1, -0.05) is 60.8 Å². The van der Waals surface area contributed by atoms with E-state index in [1.807, 2.05) is 18.3 Å². The lowest BCUT2D eigenvalue weighted by Crippen LogP contribution is -2.36. The van der Waals surface area contributed by atoms with Gasteiger partial charge in [0.15, 0.2) is 0 Å². The number of carbonyl (C=O) groups is 1. The van der Waals surface area contributed by atoms with Gasteiger partial charge in [-0.25, -0.2) is 4.99 Å². The molecule has 35 heavy (non-hydrogen) atoms. The molecular formula is C30H42N2O2S. The molecule has 2 aliphatic rings. The molecule has 2 aliphatic carbocycles. The Hall–Kier alpha value is -2.14. The van der Waals surface area contributed by atoms with Crippen LogP contribution in [0.4, 0.5) is 5.00 Å². The van der Waals surface area contributed by atoms with E-state index in [1.165, 1.54) is 36.1 Å². The Labute approximate surface area is 215 Å². The predicted octanol–water partition coefficient (Wildman–Crippen LogP) is 7.74. The molecular weight excluding hydrogens is 452 g/mol. The van der Waals surface area contributed by atoms with Gasteiger partial charge in [-0.05, 0) is 72.6 Å². The van der Waals surface area contributed by atoms with Gasteiger partial charge in [0, 0.05) is 28.3 Å². The van der Waals surface area contributed by atoms with E-state index in [9.17, 15) is 9.90 Å². The summed E-state index contributed by atoms with van der Waals surface area (Å²) in [4.78, 5) is 19.7. The lowest BCUT2D eigenvalue weighted by atomic mass is 9.78. The second-order valence-electron chi connectivity index (χ2n) is 12.4. The molecule has 0 bridgehead atoms. The molecule has 0 spiro atoms. The molecule has 4 nitrogen and oxygen atoms in total. The fraction of sp³-hybridized carbons (Fsp3) is 0.600. The maximum atomic E-state index is 13.5. The van der Waals surface area contributed by atoms with Crippen molar-refractivity contribution in [3.63, 3.8) is 0 Å². The summed E-state index contributed by atoms with van der Waals surface area (Å²) < 4.78 is 0. The third kappa shape index (κ3) is 5.82. The van der Waals surface area contributed by atoms with E-state index in [2.05, 4.69) is 46.9 Å². The number of fused-ring (bicyclic) bond motifs is 1. The summed E-state index contributed by atoms with van der Waals surface area (Å²) in [6.45, 7) is 12.7. The number of nitrogens with zero attached hydrogens (tertiary/aromatic N) is 1. The maximum absolute atomic E-state index is 13.5. The van der Waals surface area contributed by atoms with Crippen LogP contribution in [0.5, 0.6) is 5.75 Å². The first-order valence-electron chi connectivity index (χ1n) is 13.3. The summed E-state index contributed by atoms with van der Waals surface area (Å²) >= 11 is 1.69. The second-order valence-corrected chi connectivity index (χ2v) is 13.5. The number of carbonyl (C=O) groups excluding carboxylic acids is 1. The van der Waals surface area contributed by atoms with Crippen molar-refractivity contribution >= 4 is 28.5 Å². The number of aliphatic imine (C=N–C) groups is 1. The number of hydrogen-bond donors (Lipinski definition) is 2. The Balaban J connectivity index is 1.72. The lowest BCUT2D eigenvalue weighted by molar-refractivity contribution is 0.0927. The first-order chi connectivity index (χ1) is 16.4. The number of phenols is 1. The molecule has 0 aliphatic heterocycles. The van der Waals surface area contributed by atoms with Crippen LogP contribution < -0.4 is 5.32 Å². The number of phenolic OH excluding ortho intramolecular Hbond substituents is 1. The number of nitrogens with one attached hydrogen (secondary N) is 1. The third-order valence-electron chi connectivity index (χ3n) is 7.40. The van der Waals surface area contributed by atoms with Crippen molar-refractivity contribution in [3.8, 4) is 5.75 Å². The van der Waals surface area contributed by atoms with E-state index >= 15 is 0 Å². The highest BCUT2D eigenvalue weighted by Crippen LogP contribution is 2.42. The Morgan fingerprint density at radius 1 is 0.971 bits per heavy atom. The number of aryl methyl sites for hydroxylation is 1. The average molecular weight is 495 g/mol. The third-order valence-corrected chi connectivity index (χ3v) is 8.60. The van der Waals surface area contributed by atoms with Crippen LogP contribution in [0.25, 0.3) is 0 Å². The molecule has 1 fully saturated rings. The highest BCUT2D eigenvalue weighted by atomic mass is 32.1. The number of thiophene rings is 1. The first-order valence-corrected chi connectivity index (χ1v) is 14.1. The molecule has 1 aromatic heterocycles. The molecule has 0 radical (unpaired) electrons. The molecule has 4 rings (SSSR count). The fourth-order valence-electron chi connectivity index (χ4n) is 5.39. The van der Waals surface area contributed by atoms with Gasteiger partial charge in [-0.2, -0.15) is 0 Å². The van der Waals surface area contributed by atoms with Gasteiger partial charge in [0.25, 0.3) is 5.91 Å². The summed E-state index contributed by atoms with van der Waals surface area (Å²) in [7, 11) is 0. The van der Waals surface area contributed by atoms with E-state index < -0.39 is 0 Å². The molecule has 1 amide bonds. The van der Waals surface area contributed by atoms with Crippen molar-refractivity contribution in [1.29, 1.82) is 0 Å². The molecule has 1 heterocycles. The molecule has 5 heteroatoms. The van der Waals surface area contributed by atoms with E-state index in [0.29, 0.717) is 5.75 Å². The zero-order valence-corrected chi connectivity index (χ0v) is 23.2. The molecule has 1 aromatic carbocycles. The standard InChI is InChI=1S/C30H42N2O2S/c1-29(2,3)22-16-19(17-23(26(22)33)30(4,5)6)18-31-28-25(21-14-10-11-15-24(21)35-28)27(34)32-20-12-8-7-9-13-20/h16-18,20,33H,7-15H2,1-6H3,(H,32,34)/b31-18-. The monoisotopic (exact) mass is 494 g/mol. The first kappa shape index (κ1) is 25.9. The van der Waals surface area contributed by atoms with Crippen molar-refractivity contribution in [1.82, 2.24) is 5.32 Å². The maximum Gasteiger partial charge on any atom is 0.254 e. The largest absolute Gasteiger partial charge is 0.507 e. The Morgan fingerprint density at radius 2 is 1.57 bits per heavy atom. The number of amides is 1. The lowest BCUT2D eigenvalue weighted by Gasteiger charge is -2.27. The van der Waals surface area contributed by atoms with Crippen LogP contribution in [0, 0.1) is 0 Å². The molecule has 1 saturated carbocycles. The Kier molecular flexibility index (Phi) is 7.47. The van der Waals surface area contributed by atoms with Crippen LogP contribution in [0.15, 0.2) is 17.1 Å². The molecule has 2 aromatic rings. The van der Waals surface area contributed by atoms with Crippen LogP contribution in [0.2, 0.25) is 0 Å². The van der Waals surface area contributed by atoms with Crippen LogP contribution >= 0.6 is 11.3 Å². The number of hydrogen-bond acceptors (Lipinski definition) is 4. The van der Waals surface area contributed by atoms with Gasteiger partial charge >= 0.3 is 0 Å². The van der Waals surface area contributed by atoms with Crippen molar-refractivity contribution in [2.45, 2.75) is 116 Å². The summed E-state index contributed by atoms with van der Waals surface area (Å²) in [6, 6.07) is 4.38. The van der Waals surface area contributed by atoms with E-state index in [4.69, 9.17) is 4.99 Å². The Bertz CT molecular complexity index is 1070. The highest BCUT2D eigenvalue weighted by Gasteiger charge is 2.28. The zero-order chi connectivity index (χ0) is 25.4. The number of aromatic hydroxyl groups is 1. The van der Waals surface area contributed by atoms with Crippen molar-refractivity contribution in [2.24, 2.45) is 4.99 Å². The average Bonchev–Trinajstić information content (AvgIpc) is 3.16. The Morgan fingerprint density at radius 3 is 2.17 bits per heavy atom. The quantitative estimate of drug-likeness (QED) is 0.427. The van der Waals surface area contributed by atoms with Crippen molar-refractivity contribution < 1.29 is 9.90 Å². The zero-order valence-electron chi connectivity index (χ0n) is 22.4. The van der Waals surface area contributed by atoms with Crippen LogP contribution in [0.3, 0.4) is 0 Å². The highest BCUT2D eigenvalue weighted by molar-refractivity contribution is 7.16. The normalized spacial score (nSPS) is 17.5. The van der Waals surface area contributed by atoms with Gasteiger partial charge in [-0.3, -0.25) is 4.79 Å². The van der Waals surface area contributed by atoms with Gasteiger partial charge in [0.1, 0.15) is 10.8 Å². The second kappa shape index (κ2) is 10.1. The summed E-state index contributed by atoms with van der Waals surface area (Å²) in [5.41, 5.74) is 4.44. The molecule has 0 saturated heterocycles. The smallest absolute Gasteiger partial charge is 0.254 e. The predicted molar refractivity (Wildman–Crippen MR) is 148 cm³/mol. The minimum atomic E-state index is -0.193. The SMILES string of the molecule is CC(C)(C)c1cc(/C=N\c2sc3c(c2C(=O)NC2CCCCC2)CCCC3)cc(C(C)(C)C)c1O. The minimum Gasteiger partial charge on any atom is -0.507 e. The fourth-order valence-corrected chi connectivity index (χ4v) is 6.62. The van der Waals surface area contributed by atoms with Crippen molar-refractivity contribution in [3.05, 3.63) is 44.8 Å². The summed E-state index contributed by atoms with van der Waals surface area (Å²) in [5, 5.41) is 15.2. The number of benzene rings is 1. The van der Waals surface area contributed by atoms with Gasteiger partial charge in [-0.15, -0.1) is 11.3 Å². The van der Waals surface area contributed by atoms with E-state index in [0.717, 1.165) is 59.4 Å². The van der Waals surface area contributed by atoms with Crippen molar-refractivity contribution in [2.75, 3.05) is 0 Å². The topological polar surface area (TPSA) is 61.7 Å². The molecule has 2 N–H and O–H groups in total. The van der Waals surface area contributed by atoms with E-state index in [1.54, 1.807) is 11.3 Å². The molecule has 190 valence electrons. The van der Waals surface area contributed by atoms with Gasteiger partial charge < -0.3 is 10.4 Å². The molecule has 0 unspecified atom stereocenters. The summed E-state index contributed by atoms with van der Waals surface area (Å²) in [5.74, 6) is 0.432. The summed E-state index contributed by atoms with van der Waals surface area (Å²) in [6.07, 6.45) is 12.0. The number of rotatable bonds is 4. The van der Waals surface area contributed by atoms with Gasteiger partial charge in [0.05, 0.1) is 5.56 Å².